The van der Waals surface area contributed by atoms with Crippen molar-refractivity contribution in [2.45, 2.75) is 43.5 Å². The highest BCUT2D eigenvalue weighted by Gasteiger charge is 2.39. The normalized spacial score (nSPS) is 16.1. The summed E-state index contributed by atoms with van der Waals surface area (Å²) in [4.78, 5) is 0.0000463. The third kappa shape index (κ3) is 3.32. The van der Waals surface area contributed by atoms with Crippen molar-refractivity contribution >= 4 is 21.6 Å². The van der Waals surface area contributed by atoms with Crippen LogP contribution in [-0.4, -0.2) is 25.3 Å². The summed E-state index contributed by atoms with van der Waals surface area (Å²) >= 11 is 5.79. The highest BCUT2D eigenvalue weighted by atomic mass is 35.5. The van der Waals surface area contributed by atoms with E-state index >= 15 is 0 Å². The third-order valence-electron chi connectivity index (χ3n) is 3.26. The van der Waals surface area contributed by atoms with Crippen molar-refractivity contribution in [3.63, 3.8) is 0 Å². The molecule has 1 saturated carbocycles. The van der Waals surface area contributed by atoms with Gasteiger partial charge in [0.15, 0.2) is 0 Å². The van der Waals surface area contributed by atoms with E-state index in [4.69, 9.17) is 11.6 Å². The maximum absolute atomic E-state index is 13.4. The molecule has 2 rings (SSSR count). The van der Waals surface area contributed by atoms with Gasteiger partial charge in [-0.2, -0.15) is 4.31 Å². The lowest BCUT2D eigenvalue weighted by Crippen LogP contribution is -2.36. The summed E-state index contributed by atoms with van der Waals surface area (Å²) in [7, 11) is -3.69. The number of rotatable bonds is 6. The van der Waals surface area contributed by atoms with Gasteiger partial charge in [0.1, 0.15) is 5.82 Å². The van der Waals surface area contributed by atoms with E-state index in [0.717, 1.165) is 18.9 Å². The minimum atomic E-state index is -3.69. The lowest BCUT2D eigenvalue weighted by atomic mass is 10.2. The summed E-state index contributed by atoms with van der Waals surface area (Å²) in [5, 5.41) is 0. The van der Waals surface area contributed by atoms with Crippen molar-refractivity contribution in [1.29, 1.82) is 0 Å². The zero-order chi connectivity index (χ0) is 14.9. The molecule has 1 aliphatic rings. The summed E-state index contributed by atoms with van der Waals surface area (Å²) in [6.45, 7) is 4.39. The summed E-state index contributed by atoms with van der Waals surface area (Å²) in [5.74, 6) is -0.286. The molecule has 0 saturated heterocycles. The van der Waals surface area contributed by atoms with Crippen LogP contribution in [0.25, 0.3) is 0 Å². The van der Waals surface area contributed by atoms with Gasteiger partial charge in [0.05, 0.1) is 4.90 Å². The fraction of sp³-hybridized carbons (Fsp3) is 0.571. The van der Waals surface area contributed by atoms with Gasteiger partial charge in [0.2, 0.25) is 10.0 Å². The van der Waals surface area contributed by atoms with Gasteiger partial charge in [-0.3, -0.25) is 0 Å². The monoisotopic (exact) mass is 319 g/mol. The van der Waals surface area contributed by atoms with Crippen LogP contribution in [0.1, 0.15) is 32.3 Å². The topological polar surface area (TPSA) is 37.4 Å². The number of nitrogens with zero attached hydrogens (tertiary/aromatic N) is 1. The van der Waals surface area contributed by atoms with Crippen LogP contribution < -0.4 is 0 Å². The predicted octanol–water partition coefficient (Wildman–Crippen LogP) is 3.37. The van der Waals surface area contributed by atoms with Crippen LogP contribution in [0.4, 0.5) is 4.39 Å². The van der Waals surface area contributed by atoms with Gasteiger partial charge in [-0.15, -0.1) is 11.6 Å². The molecule has 1 aromatic rings. The Morgan fingerprint density at radius 1 is 1.40 bits per heavy atom. The number of hydrogen-bond donors (Lipinski definition) is 0. The standard InChI is InChI=1S/C14H19ClFNO2S/c1-10(2)9-17(13-5-6-13)20(18,19)14-7-12(16)4-3-11(14)8-15/h3-4,7,10,13H,5-6,8-9H2,1-2H3. The van der Waals surface area contributed by atoms with E-state index in [1.54, 1.807) is 0 Å². The maximum Gasteiger partial charge on any atom is 0.243 e. The molecule has 0 bridgehead atoms. The predicted molar refractivity (Wildman–Crippen MR) is 77.7 cm³/mol. The summed E-state index contributed by atoms with van der Waals surface area (Å²) in [6, 6.07) is 3.80. The molecule has 112 valence electrons. The largest absolute Gasteiger partial charge is 0.243 e. The molecule has 6 heteroatoms. The molecule has 3 nitrogen and oxygen atoms in total. The van der Waals surface area contributed by atoms with Crippen LogP contribution in [0.15, 0.2) is 23.1 Å². The minimum Gasteiger partial charge on any atom is -0.207 e. The molecule has 0 aliphatic heterocycles. The first kappa shape index (κ1) is 15.7. The zero-order valence-electron chi connectivity index (χ0n) is 11.6. The Morgan fingerprint density at radius 2 is 2.05 bits per heavy atom. The first-order valence-corrected chi connectivity index (χ1v) is 8.70. The van der Waals surface area contributed by atoms with Gasteiger partial charge in [-0.25, -0.2) is 12.8 Å². The van der Waals surface area contributed by atoms with Crippen molar-refractivity contribution in [2.24, 2.45) is 5.92 Å². The van der Waals surface area contributed by atoms with Crippen LogP contribution >= 0.6 is 11.6 Å². The highest BCUT2D eigenvalue weighted by molar-refractivity contribution is 7.89. The van der Waals surface area contributed by atoms with Gasteiger partial charge < -0.3 is 0 Å². The van der Waals surface area contributed by atoms with Gasteiger partial charge in [0, 0.05) is 18.5 Å². The van der Waals surface area contributed by atoms with E-state index in [2.05, 4.69) is 0 Å². The average molecular weight is 320 g/mol. The van der Waals surface area contributed by atoms with Crippen LogP contribution in [0.3, 0.4) is 0 Å². The van der Waals surface area contributed by atoms with Gasteiger partial charge in [-0.05, 0) is 36.5 Å². The SMILES string of the molecule is CC(C)CN(C1CC1)S(=O)(=O)c1cc(F)ccc1CCl. The van der Waals surface area contributed by atoms with Crippen LogP contribution in [0.2, 0.25) is 0 Å². The molecular weight excluding hydrogens is 301 g/mol. The lowest BCUT2D eigenvalue weighted by Gasteiger charge is -2.24. The Morgan fingerprint density at radius 3 is 2.55 bits per heavy atom. The van der Waals surface area contributed by atoms with Crippen molar-refractivity contribution < 1.29 is 12.8 Å². The number of hydrogen-bond acceptors (Lipinski definition) is 2. The fourth-order valence-corrected chi connectivity index (χ4v) is 4.57. The Labute approximate surface area is 124 Å². The van der Waals surface area contributed by atoms with E-state index < -0.39 is 15.8 Å². The number of alkyl halides is 1. The molecule has 0 amide bonds. The number of benzene rings is 1. The number of halogens is 2. The Hall–Kier alpha value is -0.650. The second-order valence-corrected chi connectivity index (χ2v) is 7.71. The Bertz CT molecular complexity index is 585. The van der Waals surface area contributed by atoms with E-state index in [1.807, 2.05) is 13.8 Å². The van der Waals surface area contributed by atoms with E-state index in [1.165, 1.54) is 16.4 Å². The molecule has 1 aliphatic carbocycles. The molecule has 1 aromatic carbocycles. The van der Waals surface area contributed by atoms with E-state index in [9.17, 15) is 12.8 Å². The van der Waals surface area contributed by atoms with Crippen LogP contribution in [-0.2, 0) is 15.9 Å². The second-order valence-electron chi connectivity index (χ2n) is 5.59. The third-order valence-corrected chi connectivity index (χ3v) is 5.55. The molecule has 0 unspecified atom stereocenters. The molecule has 0 heterocycles. The number of sulfonamides is 1. The van der Waals surface area contributed by atoms with Gasteiger partial charge in [0.25, 0.3) is 0 Å². The maximum atomic E-state index is 13.4. The van der Waals surface area contributed by atoms with Crippen LogP contribution in [0, 0.1) is 11.7 Å². The summed E-state index contributed by atoms with van der Waals surface area (Å²) in [6.07, 6.45) is 1.74. The highest BCUT2D eigenvalue weighted by Crippen LogP contribution is 2.34. The molecule has 0 atom stereocenters. The molecule has 20 heavy (non-hydrogen) atoms. The minimum absolute atomic E-state index is 0.0000463. The lowest BCUT2D eigenvalue weighted by molar-refractivity contribution is 0.359. The van der Waals surface area contributed by atoms with Crippen molar-refractivity contribution in [3.8, 4) is 0 Å². The average Bonchev–Trinajstić information content (AvgIpc) is 3.19. The molecular formula is C14H19ClFNO2S. The quantitative estimate of drug-likeness (QED) is 0.754. The van der Waals surface area contributed by atoms with Gasteiger partial charge in [-0.1, -0.05) is 19.9 Å². The first-order valence-electron chi connectivity index (χ1n) is 6.72. The van der Waals surface area contributed by atoms with Crippen LogP contribution in [0.5, 0.6) is 0 Å². The van der Waals surface area contributed by atoms with Crippen molar-refractivity contribution in [1.82, 2.24) is 4.31 Å². The van der Waals surface area contributed by atoms with Crippen molar-refractivity contribution in [3.05, 3.63) is 29.6 Å². The zero-order valence-corrected chi connectivity index (χ0v) is 13.2. The van der Waals surface area contributed by atoms with E-state index in [-0.39, 0.29) is 22.7 Å². The molecule has 0 N–H and O–H groups in total. The summed E-state index contributed by atoms with van der Waals surface area (Å²) < 4.78 is 40.5. The van der Waals surface area contributed by atoms with Crippen molar-refractivity contribution in [2.75, 3.05) is 6.54 Å². The fourth-order valence-electron chi connectivity index (χ4n) is 2.17. The van der Waals surface area contributed by atoms with E-state index in [0.29, 0.717) is 12.1 Å². The second kappa shape index (κ2) is 6.00. The molecule has 0 spiro atoms. The first-order chi connectivity index (χ1) is 9.36. The molecule has 0 aromatic heterocycles. The Balaban J connectivity index is 2.44. The smallest absolute Gasteiger partial charge is 0.207 e. The molecule has 0 radical (unpaired) electrons. The summed E-state index contributed by atoms with van der Waals surface area (Å²) in [5.41, 5.74) is 0.447. The van der Waals surface area contributed by atoms with Gasteiger partial charge >= 0.3 is 0 Å². The Kier molecular flexibility index (Phi) is 4.72. The molecule has 1 fully saturated rings.